The summed E-state index contributed by atoms with van der Waals surface area (Å²) >= 11 is 0. The Labute approximate surface area is 215 Å². The van der Waals surface area contributed by atoms with Crippen molar-refractivity contribution in [3.05, 3.63) is 66.7 Å². The maximum absolute atomic E-state index is 13.4. The van der Waals surface area contributed by atoms with E-state index in [4.69, 9.17) is 5.10 Å². The molecule has 0 bridgehead atoms. The summed E-state index contributed by atoms with van der Waals surface area (Å²) in [6.45, 7) is 7.00. The van der Waals surface area contributed by atoms with Gasteiger partial charge in [0.05, 0.1) is 17.9 Å². The van der Waals surface area contributed by atoms with Crippen LogP contribution in [-0.2, 0) is 9.59 Å². The van der Waals surface area contributed by atoms with Gasteiger partial charge in [-0.15, -0.1) is 0 Å². The second-order valence-corrected chi connectivity index (χ2v) is 9.29. The van der Waals surface area contributed by atoms with Gasteiger partial charge in [0, 0.05) is 24.1 Å². The third-order valence-corrected chi connectivity index (χ3v) is 6.47. The number of benzene rings is 2. The Morgan fingerprint density at radius 3 is 2.22 bits per heavy atom. The van der Waals surface area contributed by atoms with E-state index in [1.54, 1.807) is 9.58 Å². The minimum Gasteiger partial charge on any atom is -0.333 e. The quantitative estimate of drug-likeness (QED) is 0.256. The van der Waals surface area contributed by atoms with Crippen molar-refractivity contribution in [2.75, 3.05) is 18.4 Å². The zero-order valence-corrected chi connectivity index (χ0v) is 22.0. The van der Waals surface area contributed by atoms with Gasteiger partial charge in [-0.3, -0.25) is 9.59 Å². The molecule has 2 amide bonds. The predicted molar refractivity (Wildman–Crippen MR) is 147 cm³/mol. The van der Waals surface area contributed by atoms with Crippen molar-refractivity contribution in [3.63, 3.8) is 0 Å². The van der Waals surface area contributed by atoms with Crippen molar-refractivity contribution in [3.8, 4) is 16.9 Å². The van der Waals surface area contributed by atoms with Gasteiger partial charge in [0.2, 0.25) is 11.8 Å². The molecule has 2 aromatic carbocycles. The number of unbranched alkanes of at least 4 members (excludes halogenated alkanes) is 3. The molecule has 0 aliphatic heterocycles. The predicted octanol–water partition coefficient (Wildman–Crippen LogP) is 6.71. The molecule has 1 heterocycles. The molecular weight excluding hydrogens is 448 g/mol. The fourth-order valence-corrected chi connectivity index (χ4v) is 4.37. The molecule has 0 aliphatic carbocycles. The van der Waals surface area contributed by atoms with Gasteiger partial charge in [0.15, 0.2) is 0 Å². The molecule has 192 valence electrons. The van der Waals surface area contributed by atoms with E-state index in [0.29, 0.717) is 12.4 Å². The standard InChI is InChI=1S/C30H40N4O2/c1-4-7-15-21-33(30(36)24(6-3)16-8-5-2)23-29(35)31-28-22-27(25-17-11-9-12-18-25)32-34(28)26-19-13-10-14-20-26/h9-14,17-20,22,24H,4-8,15-16,21,23H2,1-3H3,(H,31,35)/t24-/m0/s1. The van der Waals surface area contributed by atoms with Crippen molar-refractivity contribution in [1.29, 1.82) is 0 Å². The molecule has 1 N–H and O–H groups in total. The second-order valence-electron chi connectivity index (χ2n) is 9.29. The Balaban J connectivity index is 1.82. The summed E-state index contributed by atoms with van der Waals surface area (Å²) in [4.78, 5) is 28.4. The van der Waals surface area contributed by atoms with Crippen molar-refractivity contribution in [2.45, 2.75) is 65.7 Å². The smallest absolute Gasteiger partial charge is 0.245 e. The summed E-state index contributed by atoms with van der Waals surface area (Å²) in [7, 11) is 0. The lowest BCUT2D eigenvalue weighted by Crippen LogP contribution is -2.42. The minimum absolute atomic E-state index is 0.0288. The van der Waals surface area contributed by atoms with Gasteiger partial charge < -0.3 is 10.2 Å². The lowest BCUT2D eigenvalue weighted by Gasteiger charge is -2.26. The van der Waals surface area contributed by atoms with E-state index < -0.39 is 0 Å². The van der Waals surface area contributed by atoms with Crippen molar-refractivity contribution in [1.82, 2.24) is 14.7 Å². The zero-order chi connectivity index (χ0) is 25.8. The molecule has 1 atom stereocenters. The summed E-state index contributed by atoms with van der Waals surface area (Å²) in [5.74, 6) is 0.448. The number of carbonyl (C=O) groups is 2. The molecule has 0 saturated carbocycles. The number of nitrogens with zero attached hydrogens (tertiary/aromatic N) is 3. The summed E-state index contributed by atoms with van der Waals surface area (Å²) in [6, 6.07) is 21.5. The van der Waals surface area contributed by atoms with Crippen LogP contribution in [0, 0.1) is 5.92 Å². The van der Waals surface area contributed by atoms with Gasteiger partial charge in [0.25, 0.3) is 0 Å². The number of carbonyl (C=O) groups excluding carboxylic acids is 2. The van der Waals surface area contributed by atoms with E-state index in [2.05, 4.69) is 26.1 Å². The lowest BCUT2D eigenvalue weighted by atomic mass is 9.97. The maximum atomic E-state index is 13.4. The number of amides is 2. The molecule has 0 unspecified atom stereocenters. The number of anilines is 1. The van der Waals surface area contributed by atoms with Crippen molar-refractivity contribution < 1.29 is 9.59 Å². The monoisotopic (exact) mass is 488 g/mol. The van der Waals surface area contributed by atoms with Gasteiger partial charge in [-0.2, -0.15) is 5.10 Å². The molecule has 0 radical (unpaired) electrons. The van der Waals surface area contributed by atoms with E-state index in [9.17, 15) is 9.59 Å². The number of para-hydroxylation sites is 1. The Kier molecular flexibility index (Phi) is 10.7. The summed E-state index contributed by atoms with van der Waals surface area (Å²) < 4.78 is 1.75. The van der Waals surface area contributed by atoms with Crippen LogP contribution in [0.5, 0.6) is 0 Å². The van der Waals surface area contributed by atoms with E-state index in [-0.39, 0.29) is 24.3 Å². The van der Waals surface area contributed by atoms with Gasteiger partial charge >= 0.3 is 0 Å². The van der Waals surface area contributed by atoms with Crippen LogP contribution in [0.2, 0.25) is 0 Å². The Morgan fingerprint density at radius 2 is 1.58 bits per heavy atom. The Hall–Kier alpha value is -3.41. The zero-order valence-electron chi connectivity index (χ0n) is 22.0. The Bertz CT molecular complexity index is 1080. The molecular formula is C30H40N4O2. The van der Waals surface area contributed by atoms with Gasteiger partial charge in [-0.05, 0) is 31.4 Å². The molecule has 0 saturated heterocycles. The van der Waals surface area contributed by atoms with Crippen LogP contribution in [-0.4, -0.2) is 39.6 Å². The normalized spacial score (nSPS) is 11.8. The first-order chi connectivity index (χ1) is 17.6. The molecule has 0 fully saturated rings. The van der Waals surface area contributed by atoms with Crippen molar-refractivity contribution in [2.24, 2.45) is 5.92 Å². The van der Waals surface area contributed by atoms with Crippen LogP contribution in [0.3, 0.4) is 0 Å². The fourth-order valence-electron chi connectivity index (χ4n) is 4.37. The fraction of sp³-hybridized carbons (Fsp3) is 0.433. The number of nitrogens with one attached hydrogen (secondary N) is 1. The largest absolute Gasteiger partial charge is 0.333 e. The first-order valence-corrected chi connectivity index (χ1v) is 13.4. The lowest BCUT2D eigenvalue weighted by molar-refractivity contribution is -0.138. The first-order valence-electron chi connectivity index (χ1n) is 13.4. The van der Waals surface area contributed by atoms with Gasteiger partial charge in [0.1, 0.15) is 5.82 Å². The average Bonchev–Trinajstić information content (AvgIpc) is 3.33. The molecule has 0 aliphatic rings. The molecule has 0 spiro atoms. The van der Waals surface area contributed by atoms with Crippen LogP contribution in [0.25, 0.3) is 16.9 Å². The summed E-state index contributed by atoms with van der Waals surface area (Å²) in [5, 5.41) is 7.82. The number of aromatic nitrogens is 2. The molecule has 3 rings (SSSR count). The molecule has 6 nitrogen and oxygen atoms in total. The van der Waals surface area contributed by atoms with E-state index in [1.807, 2.05) is 66.7 Å². The summed E-state index contributed by atoms with van der Waals surface area (Å²) in [5.41, 5.74) is 2.61. The molecule has 1 aromatic heterocycles. The number of hydrogen-bond acceptors (Lipinski definition) is 3. The van der Waals surface area contributed by atoms with Gasteiger partial charge in [-0.1, -0.05) is 95.0 Å². The molecule has 3 aromatic rings. The van der Waals surface area contributed by atoms with Crippen LogP contribution < -0.4 is 5.32 Å². The third-order valence-electron chi connectivity index (χ3n) is 6.47. The molecule has 6 heteroatoms. The maximum Gasteiger partial charge on any atom is 0.245 e. The second kappa shape index (κ2) is 14.2. The topological polar surface area (TPSA) is 67.2 Å². The molecule has 36 heavy (non-hydrogen) atoms. The van der Waals surface area contributed by atoms with Crippen LogP contribution in [0.15, 0.2) is 66.7 Å². The third kappa shape index (κ3) is 7.54. The highest BCUT2D eigenvalue weighted by Gasteiger charge is 2.25. The van der Waals surface area contributed by atoms with Gasteiger partial charge in [-0.25, -0.2) is 4.68 Å². The summed E-state index contributed by atoms with van der Waals surface area (Å²) in [6.07, 6.45) is 6.77. The minimum atomic E-state index is -0.207. The van der Waals surface area contributed by atoms with Crippen molar-refractivity contribution >= 4 is 17.6 Å². The van der Waals surface area contributed by atoms with E-state index in [1.165, 1.54) is 0 Å². The van der Waals surface area contributed by atoms with Crippen LogP contribution in [0.1, 0.15) is 65.7 Å². The highest BCUT2D eigenvalue weighted by atomic mass is 16.2. The number of rotatable bonds is 14. The van der Waals surface area contributed by atoms with E-state index >= 15 is 0 Å². The number of hydrogen-bond donors (Lipinski definition) is 1. The SMILES string of the molecule is CCCCCN(CC(=O)Nc1cc(-c2ccccc2)nn1-c1ccccc1)C(=O)[C@@H](CC)CCCC. The highest BCUT2D eigenvalue weighted by Crippen LogP contribution is 2.25. The van der Waals surface area contributed by atoms with Crippen LogP contribution >= 0.6 is 0 Å². The Morgan fingerprint density at radius 1 is 0.917 bits per heavy atom. The highest BCUT2D eigenvalue weighted by molar-refractivity contribution is 5.95. The van der Waals surface area contributed by atoms with E-state index in [0.717, 1.165) is 61.9 Å². The average molecular weight is 489 g/mol. The first kappa shape index (κ1) is 27.2. The van der Waals surface area contributed by atoms with Crippen LogP contribution in [0.4, 0.5) is 5.82 Å².